The molecule has 3 fully saturated rings. The van der Waals surface area contributed by atoms with Crippen LogP contribution in [-0.4, -0.2) is 83.5 Å². The van der Waals surface area contributed by atoms with Gasteiger partial charge in [0, 0.05) is 44.6 Å². The van der Waals surface area contributed by atoms with Gasteiger partial charge in [0.25, 0.3) is 0 Å². The fraction of sp³-hybridized carbons (Fsp3) is 0.576. The molecule has 5 rings (SSSR count). The Balaban J connectivity index is 1.15. The number of rotatable bonds is 8. The summed E-state index contributed by atoms with van der Waals surface area (Å²) in [5.41, 5.74) is 2.71. The van der Waals surface area contributed by atoms with Crippen LogP contribution in [0.25, 0.3) is 0 Å². The summed E-state index contributed by atoms with van der Waals surface area (Å²) < 4.78 is 0. The molecule has 3 heterocycles. The fourth-order valence-electron chi connectivity index (χ4n) is 7.37. The highest BCUT2D eigenvalue weighted by Crippen LogP contribution is 2.36. The van der Waals surface area contributed by atoms with Crippen LogP contribution >= 0.6 is 0 Å². The predicted molar refractivity (Wildman–Crippen MR) is 155 cm³/mol. The zero-order valence-electron chi connectivity index (χ0n) is 23.6. The van der Waals surface area contributed by atoms with Crippen LogP contribution in [0, 0.1) is 17.8 Å². The van der Waals surface area contributed by atoms with Gasteiger partial charge < -0.3 is 14.9 Å². The molecule has 3 unspecified atom stereocenters. The van der Waals surface area contributed by atoms with E-state index in [1.807, 2.05) is 19.9 Å². The predicted octanol–water partition coefficient (Wildman–Crippen LogP) is 4.93. The Morgan fingerprint density at radius 1 is 0.821 bits per heavy atom. The number of hydrogen-bond acceptors (Lipinski definition) is 4. The number of carbonyl (C=O) groups is 2. The molecular weight excluding hydrogens is 486 g/mol. The van der Waals surface area contributed by atoms with Crippen molar-refractivity contribution in [3.63, 3.8) is 0 Å². The van der Waals surface area contributed by atoms with Crippen LogP contribution in [0.2, 0.25) is 0 Å². The van der Waals surface area contributed by atoms with E-state index in [2.05, 4.69) is 69.3 Å². The number of carboxylic acids is 1. The Labute approximate surface area is 234 Å². The second-order valence-corrected chi connectivity index (χ2v) is 12.3. The van der Waals surface area contributed by atoms with Gasteiger partial charge in [0.1, 0.15) is 6.04 Å². The Morgan fingerprint density at radius 3 is 1.97 bits per heavy atom. The topological polar surface area (TPSA) is 64.1 Å². The first-order valence-electron chi connectivity index (χ1n) is 15.0. The maximum atomic E-state index is 13.4. The fourth-order valence-corrected chi connectivity index (χ4v) is 7.37. The largest absolute Gasteiger partial charge is 0.480 e. The molecule has 2 aromatic rings. The van der Waals surface area contributed by atoms with E-state index < -0.39 is 12.0 Å². The van der Waals surface area contributed by atoms with Crippen molar-refractivity contribution in [2.45, 2.75) is 57.4 Å². The molecular formula is C33H45N3O3. The minimum atomic E-state index is -0.718. The molecule has 2 aromatic carbocycles. The number of aliphatic carboxylic acids is 1. The first kappa shape index (κ1) is 27.9. The highest BCUT2D eigenvalue weighted by molar-refractivity contribution is 5.79. The maximum Gasteiger partial charge on any atom is 0.321 e. The number of nitrogens with zero attached hydrogens (tertiary/aromatic N) is 3. The average molecular weight is 532 g/mol. The van der Waals surface area contributed by atoms with E-state index in [9.17, 15) is 14.7 Å². The number of piperidine rings is 2. The summed E-state index contributed by atoms with van der Waals surface area (Å²) in [7, 11) is 0. The lowest BCUT2D eigenvalue weighted by Gasteiger charge is -2.38. The summed E-state index contributed by atoms with van der Waals surface area (Å²) in [6.45, 7) is 10.2. The minimum absolute atomic E-state index is 0.0668. The van der Waals surface area contributed by atoms with Gasteiger partial charge in [-0.1, -0.05) is 74.5 Å². The molecule has 0 aliphatic carbocycles. The van der Waals surface area contributed by atoms with E-state index in [1.165, 1.54) is 11.1 Å². The van der Waals surface area contributed by atoms with Gasteiger partial charge in [-0.05, 0) is 67.7 Å². The summed E-state index contributed by atoms with van der Waals surface area (Å²) in [5, 5.41) is 9.94. The van der Waals surface area contributed by atoms with E-state index in [1.54, 1.807) is 0 Å². The van der Waals surface area contributed by atoms with Crippen molar-refractivity contribution < 1.29 is 14.7 Å². The Hall–Kier alpha value is -2.70. The standard InChI is InChI=1S/C33H45N3O3/c1-24(2)31(33(38)39)36-22-29(30(23-36)27-11-7-4-8-12-27)21-34-17-13-28(14-18-34)32(37)35-19-15-26(16-20-35)25-9-5-3-6-10-25/h3-12,24,26,28-31H,13-23H2,1-2H3,(H,38,39). The Morgan fingerprint density at radius 2 is 1.41 bits per heavy atom. The summed E-state index contributed by atoms with van der Waals surface area (Å²) in [5.74, 6) is 1.13. The van der Waals surface area contributed by atoms with E-state index in [-0.39, 0.29) is 11.8 Å². The molecule has 0 aromatic heterocycles. The van der Waals surface area contributed by atoms with Crippen LogP contribution in [0.1, 0.15) is 62.5 Å². The zero-order valence-corrected chi connectivity index (χ0v) is 23.6. The third kappa shape index (κ3) is 6.55. The molecule has 3 saturated heterocycles. The smallest absolute Gasteiger partial charge is 0.321 e. The monoisotopic (exact) mass is 531 g/mol. The molecule has 39 heavy (non-hydrogen) atoms. The van der Waals surface area contributed by atoms with Crippen LogP contribution in [0.3, 0.4) is 0 Å². The van der Waals surface area contributed by atoms with Gasteiger partial charge in [0.15, 0.2) is 0 Å². The van der Waals surface area contributed by atoms with Crippen LogP contribution in [0.5, 0.6) is 0 Å². The highest BCUT2D eigenvalue weighted by Gasteiger charge is 2.41. The van der Waals surface area contributed by atoms with Gasteiger partial charge >= 0.3 is 5.97 Å². The molecule has 0 bridgehead atoms. The van der Waals surface area contributed by atoms with Crippen molar-refractivity contribution in [1.82, 2.24) is 14.7 Å². The third-order valence-corrected chi connectivity index (χ3v) is 9.48. The maximum absolute atomic E-state index is 13.4. The lowest BCUT2D eigenvalue weighted by molar-refractivity contribution is -0.144. The van der Waals surface area contributed by atoms with Crippen LogP contribution in [0.15, 0.2) is 60.7 Å². The molecule has 210 valence electrons. The molecule has 3 aliphatic rings. The average Bonchev–Trinajstić information content (AvgIpc) is 3.36. The first-order chi connectivity index (χ1) is 18.9. The first-order valence-corrected chi connectivity index (χ1v) is 15.0. The molecule has 6 heteroatoms. The minimum Gasteiger partial charge on any atom is -0.480 e. The molecule has 3 atom stereocenters. The van der Waals surface area contributed by atoms with Gasteiger partial charge in [-0.25, -0.2) is 0 Å². The van der Waals surface area contributed by atoms with Crippen molar-refractivity contribution in [2.24, 2.45) is 17.8 Å². The highest BCUT2D eigenvalue weighted by atomic mass is 16.4. The summed E-state index contributed by atoms with van der Waals surface area (Å²) in [6, 6.07) is 20.9. The zero-order chi connectivity index (χ0) is 27.4. The lowest BCUT2D eigenvalue weighted by Crippen LogP contribution is -2.46. The lowest BCUT2D eigenvalue weighted by atomic mass is 9.86. The van der Waals surface area contributed by atoms with Gasteiger partial charge in [-0.15, -0.1) is 0 Å². The molecule has 1 amide bonds. The number of amides is 1. The van der Waals surface area contributed by atoms with Crippen LogP contribution in [0.4, 0.5) is 0 Å². The quantitative estimate of drug-likeness (QED) is 0.523. The van der Waals surface area contributed by atoms with Crippen LogP contribution < -0.4 is 0 Å². The second-order valence-electron chi connectivity index (χ2n) is 12.3. The molecule has 0 spiro atoms. The third-order valence-electron chi connectivity index (χ3n) is 9.48. The summed E-state index contributed by atoms with van der Waals surface area (Å²) in [4.78, 5) is 32.3. The Bertz CT molecular complexity index is 1080. The van der Waals surface area contributed by atoms with Crippen LogP contribution in [-0.2, 0) is 9.59 Å². The number of hydrogen-bond donors (Lipinski definition) is 1. The number of benzene rings is 2. The van der Waals surface area contributed by atoms with Gasteiger partial charge in [0.05, 0.1) is 0 Å². The molecule has 0 saturated carbocycles. The van der Waals surface area contributed by atoms with Crippen molar-refractivity contribution in [3.8, 4) is 0 Å². The normalized spacial score (nSPS) is 24.7. The number of carboxylic acid groups (broad SMARTS) is 1. The number of likely N-dealkylation sites (tertiary alicyclic amines) is 3. The summed E-state index contributed by atoms with van der Waals surface area (Å²) in [6.07, 6.45) is 3.96. The van der Waals surface area contributed by atoms with E-state index in [4.69, 9.17) is 0 Å². The molecule has 6 nitrogen and oxygen atoms in total. The summed E-state index contributed by atoms with van der Waals surface area (Å²) >= 11 is 0. The van der Waals surface area contributed by atoms with E-state index in [0.29, 0.717) is 23.7 Å². The van der Waals surface area contributed by atoms with Crippen molar-refractivity contribution in [2.75, 3.05) is 45.8 Å². The van der Waals surface area contributed by atoms with Crippen molar-refractivity contribution in [1.29, 1.82) is 0 Å². The Kier molecular flexibility index (Phi) is 9.03. The SMILES string of the molecule is CC(C)C(C(=O)O)N1CC(CN2CCC(C(=O)N3CCC(c4ccccc4)CC3)CC2)C(c2ccccc2)C1. The van der Waals surface area contributed by atoms with E-state index >= 15 is 0 Å². The molecule has 1 N–H and O–H groups in total. The molecule has 0 radical (unpaired) electrons. The number of carbonyl (C=O) groups excluding carboxylic acids is 1. The van der Waals surface area contributed by atoms with Gasteiger partial charge in [-0.3, -0.25) is 14.5 Å². The van der Waals surface area contributed by atoms with Gasteiger partial charge in [-0.2, -0.15) is 0 Å². The van der Waals surface area contributed by atoms with Crippen molar-refractivity contribution >= 4 is 11.9 Å². The molecule has 3 aliphatic heterocycles. The van der Waals surface area contributed by atoms with E-state index in [0.717, 1.165) is 71.5 Å². The van der Waals surface area contributed by atoms with Crippen molar-refractivity contribution in [3.05, 3.63) is 71.8 Å². The second kappa shape index (κ2) is 12.6. The van der Waals surface area contributed by atoms with Gasteiger partial charge in [0.2, 0.25) is 5.91 Å².